The molecule has 0 atom stereocenters. The van der Waals surface area contributed by atoms with Gasteiger partial charge in [-0.2, -0.15) is 4.31 Å². The lowest BCUT2D eigenvalue weighted by Crippen LogP contribution is -2.27. The van der Waals surface area contributed by atoms with E-state index in [-0.39, 0.29) is 4.90 Å². The van der Waals surface area contributed by atoms with Gasteiger partial charge in [-0.25, -0.2) is 18.4 Å². The van der Waals surface area contributed by atoms with E-state index in [0.29, 0.717) is 13.1 Å². The normalized spacial score (nSPS) is 16.0. The van der Waals surface area contributed by atoms with E-state index in [4.69, 9.17) is 0 Å². The van der Waals surface area contributed by atoms with Gasteiger partial charge in [0.25, 0.3) is 0 Å². The van der Waals surface area contributed by atoms with Gasteiger partial charge in [0.15, 0.2) is 0 Å². The smallest absolute Gasteiger partial charge is 0.244 e. The van der Waals surface area contributed by atoms with Crippen LogP contribution in [0.4, 0.5) is 0 Å². The van der Waals surface area contributed by atoms with Gasteiger partial charge in [0.2, 0.25) is 10.0 Å². The fourth-order valence-corrected chi connectivity index (χ4v) is 5.46. The molecule has 2 aromatic rings. The van der Waals surface area contributed by atoms with Crippen molar-refractivity contribution in [2.75, 3.05) is 13.1 Å². The van der Waals surface area contributed by atoms with Crippen molar-refractivity contribution in [2.45, 2.75) is 41.9 Å². The molecular formula is C15H19N3O2S3. The van der Waals surface area contributed by atoms with Crippen LogP contribution in [-0.4, -0.2) is 35.8 Å². The van der Waals surface area contributed by atoms with Crippen LogP contribution in [0.25, 0.3) is 0 Å². The lowest BCUT2D eigenvalue weighted by molar-refractivity contribution is 0.477. The summed E-state index contributed by atoms with van der Waals surface area (Å²) in [7, 11) is -3.37. The van der Waals surface area contributed by atoms with Crippen LogP contribution in [0.15, 0.2) is 33.6 Å². The van der Waals surface area contributed by atoms with Gasteiger partial charge in [0.05, 0.1) is 15.7 Å². The zero-order chi connectivity index (χ0) is 16.3. The van der Waals surface area contributed by atoms with Crippen molar-refractivity contribution in [3.63, 3.8) is 0 Å². The fourth-order valence-electron chi connectivity index (χ4n) is 2.41. The van der Waals surface area contributed by atoms with E-state index >= 15 is 0 Å². The average molecular weight is 370 g/mol. The van der Waals surface area contributed by atoms with Crippen LogP contribution in [0.1, 0.15) is 30.5 Å². The average Bonchev–Trinajstić information content (AvgIpc) is 3.25. The van der Waals surface area contributed by atoms with Gasteiger partial charge < -0.3 is 0 Å². The SMILES string of the molecule is CCc1nc(CSc2ccc(S(=O)(=O)N3CCCC3)cn2)cs1. The summed E-state index contributed by atoms with van der Waals surface area (Å²) in [4.78, 5) is 9.09. The predicted octanol–water partition coefficient (Wildman–Crippen LogP) is 3.18. The molecule has 2 aromatic heterocycles. The van der Waals surface area contributed by atoms with Crippen molar-refractivity contribution in [1.29, 1.82) is 0 Å². The molecule has 0 aromatic carbocycles. The Labute approximate surface area is 145 Å². The summed E-state index contributed by atoms with van der Waals surface area (Å²) in [6.45, 7) is 3.32. The third-order valence-corrected chi connectivity index (χ3v) is 7.58. The number of hydrogen-bond donors (Lipinski definition) is 0. The van der Waals surface area contributed by atoms with Gasteiger partial charge in [0.1, 0.15) is 4.90 Å². The Bertz CT molecular complexity index is 751. The lowest BCUT2D eigenvalue weighted by atomic mass is 10.4. The maximum absolute atomic E-state index is 12.4. The fraction of sp³-hybridized carbons (Fsp3) is 0.467. The Morgan fingerprint density at radius 3 is 2.70 bits per heavy atom. The van der Waals surface area contributed by atoms with Crippen molar-refractivity contribution in [3.8, 4) is 0 Å². The Morgan fingerprint density at radius 1 is 1.30 bits per heavy atom. The Hall–Kier alpha value is -0.960. The molecule has 1 aliphatic rings. The van der Waals surface area contributed by atoms with Crippen LogP contribution in [0, 0.1) is 0 Å². The molecule has 1 fully saturated rings. The summed E-state index contributed by atoms with van der Waals surface area (Å²) in [5.74, 6) is 0.752. The summed E-state index contributed by atoms with van der Waals surface area (Å²) in [6.07, 6.45) is 4.30. The van der Waals surface area contributed by atoms with E-state index < -0.39 is 10.0 Å². The number of nitrogens with zero attached hydrogens (tertiary/aromatic N) is 3. The largest absolute Gasteiger partial charge is 0.249 e. The van der Waals surface area contributed by atoms with Crippen molar-refractivity contribution < 1.29 is 8.42 Å². The maximum atomic E-state index is 12.4. The number of hydrogen-bond acceptors (Lipinski definition) is 6. The molecule has 5 nitrogen and oxygen atoms in total. The number of rotatable bonds is 6. The third kappa shape index (κ3) is 3.93. The second-order valence-electron chi connectivity index (χ2n) is 5.32. The molecule has 0 unspecified atom stereocenters. The number of pyridine rings is 1. The molecule has 1 saturated heterocycles. The van der Waals surface area contributed by atoms with Crippen molar-refractivity contribution >= 4 is 33.1 Å². The van der Waals surface area contributed by atoms with Gasteiger partial charge in [-0.15, -0.1) is 23.1 Å². The summed E-state index contributed by atoms with van der Waals surface area (Å²) >= 11 is 3.25. The van der Waals surface area contributed by atoms with E-state index in [1.807, 2.05) is 0 Å². The van der Waals surface area contributed by atoms with Crippen molar-refractivity contribution in [2.24, 2.45) is 0 Å². The molecule has 0 bridgehead atoms. The van der Waals surface area contributed by atoms with Gasteiger partial charge in [-0.3, -0.25) is 0 Å². The first-order chi connectivity index (χ1) is 11.1. The minimum Gasteiger partial charge on any atom is -0.249 e. The Morgan fingerprint density at radius 2 is 2.09 bits per heavy atom. The summed E-state index contributed by atoms with van der Waals surface area (Å²) in [5.41, 5.74) is 1.05. The molecule has 0 aliphatic carbocycles. The number of thioether (sulfide) groups is 1. The molecule has 0 amide bonds. The Balaban J connectivity index is 1.64. The maximum Gasteiger partial charge on any atom is 0.244 e. The predicted molar refractivity (Wildman–Crippen MR) is 93.3 cm³/mol. The molecule has 0 N–H and O–H groups in total. The molecule has 23 heavy (non-hydrogen) atoms. The van der Waals surface area contributed by atoms with Crippen LogP contribution in [-0.2, 0) is 22.2 Å². The summed E-state index contributed by atoms with van der Waals surface area (Å²) in [6, 6.07) is 3.43. The molecule has 0 saturated carbocycles. The number of thiazole rings is 1. The van der Waals surface area contributed by atoms with Gasteiger partial charge >= 0.3 is 0 Å². The second kappa shape index (κ2) is 7.29. The molecular weight excluding hydrogens is 350 g/mol. The lowest BCUT2D eigenvalue weighted by Gasteiger charge is -2.15. The topological polar surface area (TPSA) is 63.2 Å². The monoisotopic (exact) mass is 369 g/mol. The highest BCUT2D eigenvalue weighted by Gasteiger charge is 2.27. The molecule has 124 valence electrons. The van der Waals surface area contributed by atoms with Crippen LogP contribution in [0.2, 0.25) is 0 Å². The second-order valence-corrected chi connectivity index (χ2v) is 9.19. The minimum atomic E-state index is -3.37. The van der Waals surface area contributed by atoms with Crippen molar-refractivity contribution in [1.82, 2.24) is 14.3 Å². The van der Waals surface area contributed by atoms with Gasteiger partial charge in [0, 0.05) is 30.4 Å². The van der Waals surface area contributed by atoms with Crippen LogP contribution < -0.4 is 0 Å². The summed E-state index contributed by atoms with van der Waals surface area (Å²) in [5, 5.41) is 4.02. The minimum absolute atomic E-state index is 0.283. The number of aromatic nitrogens is 2. The third-order valence-electron chi connectivity index (χ3n) is 3.68. The van der Waals surface area contributed by atoms with Crippen LogP contribution >= 0.6 is 23.1 Å². The quantitative estimate of drug-likeness (QED) is 0.732. The van der Waals surface area contributed by atoms with Gasteiger partial charge in [-0.1, -0.05) is 6.92 Å². The molecule has 0 spiro atoms. The zero-order valence-electron chi connectivity index (χ0n) is 12.9. The molecule has 3 heterocycles. The standard InChI is InChI=1S/C15H19N3O2S3/c1-2-14-17-12(10-21-14)11-22-15-6-5-13(9-16-15)23(19,20)18-7-3-4-8-18/h5-6,9-10H,2-4,7-8,11H2,1H3. The van der Waals surface area contributed by atoms with Crippen LogP contribution in [0.3, 0.4) is 0 Å². The molecule has 8 heteroatoms. The van der Waals surface area contributed by atoms with E-state index in [1.165, 1.54) is 6.20 Å². The first-order valence-electron chi connectivity index (χ1n) is 7.62. The zero-order valence-corrected chi connectivity index (χ0v) is 15.4. The highest BCUT2D eigenvalue weighted by atomic mass is 32.2. The number of aryl methyl sites for hydroxylation is 1. The van der Waals surface area contributed by atoms with Crippen molar-refractivity contribution in [3.05, 3.63) is 34.4 Å². The van der Waals surface area contributed by atoms with E-state index in [0.717, 1.165) is 40.7 Å². The molecule has 0 radical (unpaired) electrons. The van der Waals surface area contributed by atoms with Gasteiger partial charge in [-0.05, 0) is 31.4 Å². The first-order valence-corrected chi connectivity index (χ1v) is 10.9. The Kier molecular flexibility index (Phi) is 5.35. The molecule has 3 rings (SSSR count). The number of sulfonamides is 1. The van der Waals surface area contributed by atoms with E-state index in [9.17, 15) is 8.42 Å². The highest BCUT2D eigenvalue weighted by Crippen LogP contribution is 2.25. The van der Waals surface area contributed by atoms with E-state index in [2.05, 4.69) is 22.3 Å². The first kappa shape index (κ1) is 16.9. The van der Waals surface area contributed by atoms with Crippen LogP contribution in [0.5, 0.6) is 0 Å². The highest BCUT2D eigenvalue weighted by molar-refractivity contribution is 7.98. The van der Waals surface area contributed by atoms with E-state index in [1.54, 1.807) is 39.5 Å². The summed E-state index contributed by atoms with van der Waals surface area (Å²) < 4.78 is 26.4. The molecule has 1 aliphatic heterocycles.